The van der Waals surface area contributed by atoms with Crippen LogP contribution >= 0.6 is 0 Å². The van der Waals surface area contributed by atoms with E-state index in [0.29, 0.717) is 30.7 Å². The highest BCUT2D eigenvalue weighted by Gasteiger charge is 2.15. The van der Waals surface area contributed by atoms with E-state index in [9.17, 15) is 8.42 Å². The molecule has 4 rings (SSSR count). The van der Waals surface area contributed by atoms with Crippen LogP contribution in [0, 0.1) is 6.92 Å². The molecular formula is C23H25N5O3S. The zero-order valence-electron chi connectivity index (χ0n) is 17.7. The van der Waals surface area contributed by atoms with Crippen LogP contribution in [-0.2, 0) is 14.8 Å². The van der Waals surface area contributed by atoms with Crippen LogP contribution in [0.1, 0.15) is 11.3 Å². The molecule has 32 heavy (non-hydrogen) atoms. The van der Waals surface area contributed by atoms with E-state index in [4.69, 9.17) is 4.74 Å². The average molecular weight is 452 g/mol. The number of aromatic nitrogens is 2. The van der Waals surface area contributed by atoms with Gasteiger partial charge in [-0.1, -0.05) is 30.3 Å². The lowest BCUT2D eigenvalue weighted by Gasteiger charge is -2.27. The molecule has 0 spiro atoms. The standard InChI is InChI=1S/C23H25N5O3S/c1-18-17-22(26-23(24-18)28-12-14-31-15-13-28)25-20-7-9-21(10-8-20)27-32(29,30)16-11-19-5-3-2-4-6-19/h2-11,16-17,27H,12-15H2,1H3,(H,24,25,26)/b16-11+. The van der Waals surface area contributed by atoms with Crippen LogP contribution in [0.3, 0.4) is 0 Å². The number of hydrogen-bond acceptors (Lipinski definition) is 7. The molecule has 0 radical (unpaired) electrons. The van der Waals surface area contributed by atoms with Crippen LogP contribution in [0.4, 0.5) is 23.1 Å². The molecule has 1 fully saturated rings. The maximum atomic E-state index is 12.3. The molecule has 2 heterocycles. The molecule has 0 amide bonds. The largest absolute Gasteiger partial charge is 0.378 e. The van der Waals surface area contributed by atoms with E-state index in [1.165, 1.54) is 0 Å². The van der Waals surface area contributed by atoms with Gasteiger partial charge in [-0.2, -0.15) is 4.98 Å². The van der Waals surface area contributed by atoms with Crippen LogP contribution < -0.4 is 14.9 Å². The van der Waals surface area contributed by atoms with Crippen molar-refractivity contribution in [2.24, 2.45) is 0 Å². The molecule has 0 unspecified atom stereocenters. The lowest BCUT2D eigenvalue weighted by atomic mass is 10.2. The third-order valence-electron chi connectivity index (χ3n) is 4.79. The van der Waals surface area contributed by atoms with Crippen molar-refractivity contribution in [1.29, 1.82) is 0 Å². The van der Waals surface area contributed by atoms with E-state index < -0.39 is 10.0 Å². The highest BCUT2D eigenvalue weighted by atomic mass is 32.2. The summed E-state index contributed by atoms with van der Waals surface area (Å²) in [4.78, 5) is 11.2. The fourth-order valence-electron chi connectivity index (χ4n) is 3.22. The number of hydrogen-bond donors (Lipinski definition) is 2. The van der Waals surface area contributed by atoms with Crippen LogP contribution in [0.25, 0.3) is 6.08 Å². The molecule has 1 aliphatic rings. The SMILES string of the molecule is Cc1cc(Nc2ccc(NS(=O)(=O)/C=C/c3ccccc3)cc2)nc(N2CCOCC2)n1. The molecule has 2 N–H and O–H groups in total. The number of nitrogens with one attached hydrogen (secondary N) is 2. The summed E-state index contributed by atoms with van der Waals surface area (Å²) in [5.74, 6) is 1.35. The highest BCUT2D eigenvalue weighted by Crippen LogP contribution is 2.21. The molecule has 0 atom stereocenters. The van der Waals surface area contributed by atoms with Crippen LogP contribution in [0.2, 0.25) is 0 Å². The first kappa shape index (κ1) is 21.8. The van der Waals surface area contributed by atoms with Crippen molar-refractivity contribution >= 4 is 39.2 Å². The Morgan fingerprint density at radius 3 is 2.38 bits per heavy atom. The van der Waals surface area contributed by atoms with Gasteiger partial charge in [-0.3, -0.25) is 4.72 Å². The van der Waals surface area contributed by atoms with Gasteiger partial charge in [0.05, 0.1) is 18.6 Å². The van der Waals surface area contributed by atoms with Crippen LogP contribution in [-0.4, -0.2) is 44.7 Å². The van der Waals surface area contributed by atoms with Crippen molar-refractivity contribution in [1.82, 2.24) is 9.97 Å². The van der Waals surface area contributed by atoms with E-state index >= 15 is 0 Å². The number of anilines is 4. The number of sulfonamides is 1. The molecular weight excluding hydrogens is 426 g/mol. The molecule has 0 bridgehead atoms. The van der Waals surface area contributed by atoms with Crippen molar-refractivity contribution < 1.29 is 13.2 Å². The number of morpholine rings is 1. The Morgan fingerprint density at radius 1 is 0.969 bits per heavy atom. The molecule has 1 aromatic heterocycles. The minimum atomic E-state index is -3.62. The Kier molecular flexibility index (Phi) is 6.67. The zero-order chi connectivity index (χ0) is 22.4. The summed E-state index contributed by atoms with van der Waals surface area (Å²) in [5, 5.41) is 4.42. The molecule has 2 aromatic carbocycles. The Hall–Kier alpha value is -3.43. The summed E-state index contributed by atoms with van der Waals surface area (Å²) in [5.41, 5.74) is 2.94. The maximum Gasteiger partial charge on any atom is 0.255 e. The van der Waals surface area contributed by atoms with Gasteiger partial charge in [0, 0.05) is 36.2 Å². The quantitative estimate of drug-likeness (QED) is 0.564. The van der Waals surface area contributed by atoms with Crippen molar-refractivity contribution in [3.8, 4) is 0 Å². The van der Waals surface area contributed by atoms with Gasteiger partial charge in [-0.05, 0) is 42.8 Å². The van der Waals surface area contributed by atoms with E-state index in [1.807, 2.05) is 43.3 Å². The van der Waals surface area contributed by atoms with Gasteiger partial charge >= 0.3 is 0 Å². The molecule has 166 valence electrons. The van der Waals surface area contributed by atoms with Gasteiger partial charge in [-0.25, -0.2) is 13.4 Å². The number of aryl methyl sites for hydroxylation is 1. The van der Waals surface area contributed by atoms with Crippen molar-refractivity contribution in [2.45, 2.75) is 6.92 Å². The van der Waals surface area contributed by atoms with E-state index in [1.54, 1.807) is 30.3 Å². The average Bonchev–Trinajstić information content (AvgIpc) is 2.80. The van der Waals surface area contributed by atoms with Gasteiger partial charge in [-0.15, -0.1) is 0 Å². The fourth-order valence-corrected chi connectivity index (χ4v) is 4.09. The zero-order valence-corrected chi connectivity index (χ0v) is 18.5. The van der Waals surface area contributed by atoms with E-state index in [-0.39, 0.29) is 0 Å². The van der Waals surface area contributed by atoms with Crippen LogP contribution in [0.5, 0.6) is 0 Å². The first-order valence-electron chi connectivity index (χ1n) is 10.3. The molecule has 1 aliphatic heterocycles. The summed E-state index contributed by atoms with van der Waals surface area (Å²) in [6, 6.07) is 18.1. The third kappa shape index (κ3) is 6.05. The minimum Gasteiger partial charge on any atom is -0.378 e. The van der Waals surface area contributed by atoms with E-state index in [0.717, 1.165) is 35.4 Å². The molecule has 9 heteroatoms. The number of nitrogens with zero attached hydrogens (tertiary/aromatic N) is 3. The van der Waals surface area contributed by atoms with Gasteiger partial charge in [0.1, 0.15) is 5.82 Å². The Bertz CT molecular complexity index is 1180. The van der Waals surface area contributed by atoms with Crippen molar-refractivity contribution in [2.75, 3.05) is 41.2 Å². The molecule has 0 saturated carbocycles. The minimum absolute atomic E-state index is 0.473. The Labute approximate surface area is 188 Å². The second-order valence-corrected chi connectivity index (χ2v) is 8.92. The third-order valence-corrected chi connectivity index (χ3v) is 5.81. The van der Waals surface area contributed by atoms with Gasteiger partial charge < -0.3 is 15.0 Å². The van der Waals surface area contributed by atoms with E-state index in [2.05, 4.69) is 24.9 Å². The predicted octanol–water partition coefficient (Wildman–Crippen LogP) is 3.78. The normalized spacial score (nSPS) is 14.5. The topological polar surface area (TPSA) is 96.5 Å². The highest BCUT2D eigenvalue weighted by molar-refractivity contribution is 7.95. The van der Waals surface area contributed by atoms with Crippen molar-refractivity contribution in [3.63, 3.8) is 0 Å². The molecule has 0 aliphatic carbocycles. The first-order valence-corrected chi connectivity index (χ1v) is 11.8. The number of rotatable bonds is 7. The fraction of sp³-hybridized carbons (Fsp3) is 0.217. The first-order chi connectivity index (χ1) is 15.5. The molecule has 3 aromatic rings. The van der Waals surface area contributed by atoms with Gasteiger partial charge in [0.15, 0.2) is 0 Å². The summed E-state index contributed by atoms with van der Waals surface area (Å²) in [6.45, 7) is 4.78. The smallest absolute Gasteiger partial charge is 0.255 e. The maximum absolute atomic E-state index is 12.3. The van der Waals surface area contributed by atoms with Gasteiger partial charge in [0.2, 0.25) is 5.95 Å². The Balaban J connectivity index is 1.42. The monoisotopic (exact) mass is 451 g/mol. The lowest BCUT2D eigenvalue weighted by Crippen LogP contribution is -2.37. The van der Waals surface area contributed by atoms with Gasteiger partial charge in [0.25, 0.3) is 10.0 Å². The Morgan fingerprint density at radius 2 is 1.66 bits per heavy atom. The van der Waals surface area contributed by atoms with Crippen LogP contribution in [0.15, 0.2) is 66.1 Å². The summed E-state index contributed by atoms with van der Waals surface area (Å²) >= 11 is 0. The number of benzene rings is 2. The summed E-state index contributed by atoms with van der Waals surface area (Å²) in [7, 11) is -3.62. The van der Waals surface area contributed by atoms with Crippen molar-refractivity contribution in [3.05, 3.63) is 77.3 Å². The second kappa shape index (κ2) is 9.80. The number of ether oxygens (including phenoxy) is 1. The molecule has 1 saturated heterocycles. The summed E-state index contributed by atoms with van der Waals surface area (Å²) in [6.07, 6.45) is 1.56. The molecule has 8 nitrogen and oxygen atoms in total. The lowest BCUT2D eigenvalue weighted by molar-refractivity contribution is 0.122. The predicted molar refractivity (Wildman–Crippen MR) is 128 cm³/mol. The summed E-state index contributed by atoms with van der Waals surface area (Å²) < 4.78 is 32.6. The second-order valence-electron chi connectivity index (χ2n) is 7.36.